The van der Waals surface area contributed by atoms with Crippen LogP contribution in [0.5, 0.6) is 0 Å². The molecule has 0 heterocycles. The van der Waals surface area contributed by atoms with Gasteiger partial charge in [-0.05, 0) is 17.7 Å². The lowest BCUT2D eigenvalue weighted by molar-refractivity contribution is -0.136. The van der Waals surface area contributed by atoms with Crippen molar-refractivity contribution in [1.82, 2.24) is 0 Å². The molecule has 0 radical (unpaired) electrons. The van der Waals surface area contributed by atoms with E-state index in [1.54, 1.807) is 30.5 Å². The predicted octanol–water partition coefficient (Wildman–Crippen LogP) is 1.05. The highest BCUT2D eigenvalue weighted by molar-refractivity contribution is 7.84. The highest BCUT2D eigenvalue weighted by atomic mass is 32.2. The van der Waals surface area contributed by atoms with E-state index < -0.39 is 16.8 Å². The van der Waals surface area contributed by atoms with Crippen molar-refractivity contribution in [3.63, 3.8) is 0 Å². The molecule has 0 saturated heterocycles. The third-order valence-corrected chi connectivity index (χ3v) is 2.50. The second-order valence-electron chi connectivity index (χ2n) is 2.67. The van der Waals surface area contributed by atoms with E-state index in [9.17, 15) is 9.00 Å². The molecule has 0 aromatic heterocycles. The molecular formula is C9H10O3S. The lowest BCUT2D eigenvalue weighted by atomic mass is 10.2. The van der Waals surface area contributed by atoms with Crippen LogP contribution >= 0.6 is 0 Å². The van der Waals surface area contributed by atoms with Gasteiger partial charge in [0.15, 0.2) is 0 Å². The van der Waals surface area contributed by atoms with E-state index in [1.165, 1.54) is 0 Å². The van der Waals surface area contributed by atoms with Crippen molar-refractivity contribution in [2.45, 2.75) is 11.3 Å². The summed E-state index contributed by atoms with van der Waals surface area (Å²) >= 11 is 0. The predicted molar refractivity (Wildman–Crippen MR) is 50.1 cm³/mol. The molecule has 0 aliphatic carbocycles. The molecule has 0 amide bonds. The Hall–Kier alpha value is -1.16. The largest absolute Gasteiger partial charge is 0.481 e. The lowest BCUT2D eigenvalue weighted by Gasteiger charge is -1.99. The zero-order valence-corrected chi connectivity index (χ0v) is 8.00. The number of carboxylic acids is 1. The molecule has 1 rings (SSSR count). The molecule has 3 nitrogen and oxygen atoms in total. The second kappa shape index (κ2) is 4.18. The molecule has 4 heteroatoms. The minimum absolute atomic E-state index is 0.0228. The first kappa shape index (κ1) is 9.92. The summed E-state index contributed by atoms with van der Waals surface area (Å²) in [6.07, 6.45) is 1.55. The normalized spacial score (nSPS) is 12.4. The Bertz CT molecular complexity index is 346. The van der Waals surface area contributed by atoms with E-state index in [4.69, 9.17) is 5.11 Å². The Morgan fingerprint density at radius 3 is 2.77 bits per heavy atom. The van der Waals surface area contributed by atoms with Crippen molar-refractivity contribution in [2.75, 3.05) is 6.26 Å². The van der Waals surface area contributed by atoms with Gasteiger partial charge in [-0.3, -0.25) is 9.00 Å². The van der Waals surface area contributed by atoms with Gasteiger partial charge >= 0.3 is 5.97 Å². The first-order valence-electron chi connectivity index (χ1n) is 3.74. The highest BCUT2D eigenvalue weighted by Gasteiger charge is 2.02. The van der Waals surface area contributed by atoms with Crippen molar-refractivity contribution in [3.05, 3.63) is 29.8 Å². The Morgan fingerprint density at radius 2 is 2.23 bits per heavy atom. The topological polar surface area (TPSA) is 54.4 Å². The van der Waals surface area contributed by atoms with Gasteiger partial charge in [0.25, 0.3) is 0 Å². The Kier molecular flexibility index (Phi) is 3.19. The van der Waals surface area contributed by atoms with Gasteiger partial charge in [-0.1, -0.05) is 12.1 Å². The molecule has 1 aromatic rings. The number of benzene rings is 1. The van der Waals surface area contributed by atoms with Crippen LogP contribution in [0.1, 0.15) is 5.56 Å². The molecule has 0 unspecified atom stereocenters. The van der Waals surface area contributed by atoms with Gasteiger partial charge in [-0.2, -0.15) is 0 Å². The van der Waals surface area contributed by atoms with Crippen molar-refractivity contribution in [3.8, 4) is 0 Å². The summed E-state index contributed by atoms with van der Waals surface area (Å²) in [4.78, 5) is 11.0. The average molecular weight is 198 g/mol. The molecule has 0 saturated carbocycles. The van der Waals surface area contributed by atoms with Gasteiger partial charge in [0, 0.05) is 22.0 Å². The fourth-order valence-electron chi connectivity index (χ4n) is 1.01. The molecule has 1 N–H and O–H groups in total. The summed E-state index contributed by atoms with van der Waals surface area (Å²) in [6, 6.07) is 6.81. The third-order valence-electron chi connectivity index (χ3n) is 1.59. The first-order valence-corrected chi connectivity index (χ1v) is 5.29. The summed E-state index contributed by atoms with van der Waals surface area (Å²) < 4.78 is 11.0. The van der Waals surface area contributed by atoms with Crippen LogP contribution < -0.4 is 0 Å². The Balaban J connectivity index is 2.91. The van der Waals surface area contributed by atoms with Crippen molar-refractivity contribution < 1.29 is 14.1 Å². The van der Waals surface area contributed by atoms with E-state index >= 15 is 0 Å². The van der Waals surface area contributed by atoms with Crippen LogP contribution in [-0.2, 0) is 22.0 Å². The molecule has 13 heavy (non-hydrogen) atoms. The summed E-state index contributed by atoms with van der Waals surface area (Å²) in [6.45, 7) is 0. The van der Waals surface area contributed by atoms with Gasteiger partial charge in [-0.15, -0.1) is 0 Å². The van der Waals surface area contributed by atoms with Crippen LogP contribution in [-0.4, -0.2) is 21.5 Å². The summed E-state index contributed by atoms with van der Waals surface area (Å²) in [5.41, 5.74) is 0.681. The summed E-state index contributed by atoms with van der Waals surface area (Å²) in [5.74, 6) is -0.876. The number of carboxylic acid groups (broad SMARTS) is 1. The number of carbonyl (C=O) groups is 1. The van der Waals surface area contributed by atoms with E-state index in [-0.39, 0.29) is 6.42 Å². The minimum atomic E-state index is -1.05. The zero-order chi connectivity index (χ0) is 9.84. The minimum Gasteiger partial charge on any atom is -0.481 e. The Labute approximate surface area is 78.9 Å². The second-order valence-corrected chi connectivity index (χ2v) is 4.05. The van der Waals surface area contributed by atoms with Crippen LogP contribution in [0.3, 0.4) is 0 Å². The van der Waals surface area contributed by atoms with Crippen LogP contribution in [0.25, 0.3) is 0 Å². The molecule has 70 valence electrons. The maximum absolute atomic E-state index is 11.0. The molecular weight excluding hydrogens is 188 g/mol. The maximum Gasteiger partial charge on any atom is 0.307 e. The number of rotatable bonds is 3. The Morgan fingerprint density at radius 1 is 1.54 bits per heavy atom. The fourth-order valence-corrected chi connectivity index (χ4v) is 1.60. The lowest BCUT2D eigenvalue weighted by Crippen LogP contribution is -2.00. The van der Waals surface area contributed by atoms with Crippen molar-refractivity contribution in [2.24, 2.45) is 0 Å². The van der Waals surface area contributed by atoms with Gasteiger partial charge in [0.1, 0.15) is 0 Å². The molecule has 1 aromatic carbocycles. The molecule has 0 aliphatic heterocycles. The zero-order valence-electron chi connectivity index (χ0n) is 7.19. The number of aliphatic carboxylic acids is 1. The molecule has 0 bridgehead atoms. The smallest absolute Gasteiger partial charge is 0.307 e. The van der Waals surface area contributed by atoms with E-state index in [0.29, 0.717) is 10.5 Å². The van der Waals surface area contributed by atoms with Crippen LogP contribution in [0.15, 0.2) is 29.2 Å². The van der Waals surface area contributed by atoms with Gasteiger partial charge in [0.05, 0.1) is 6.42 Å². The van der Waals surface area contributed by atoms with Gasteiger partial charge in [-0.25, -0.2) is 0 Å². The quantitative estimate of drug-likeness (QED) is 0.789. The SMILES string of the molecule is C[S@](=O)c1cccc(CC(=O)O)c1. The van der Waals surface area contributed by atoms with Crippen molar-refractivity contribution in [1.29, 1.82) is 0 Å². The fraction of sp³-hybridized carbons (Fsp3) is 0.222. The molecule has 0 aliphatic rings. The third kappa shape index (κ3) is 2.99. The molecule has 0 fully saturated rings. The van der Waals surface area contributed by atoms with Crippen LogP contribution in [0, 0.1) is 0 Å². The van der Waals surface area contributed by atoms with Crippen molar-refractivity contribution >= 4 is 16.8 Å². The first-order chi connectivity index (χ1) is 6.09. The van der Waals surface area contributed by atoms with Crippen LogP contribution in [0.2, 0.25) is 0 Å². The molecule has 1 atom stereocenters. The van der Waals surface area contributed by atoms with E-state index in [2.05, 4.69) is 0 Å². The highest BCUT2D eigenvalue weighted by Crippen LogP contribution is 2.08. The average Bonchev–Trinajstić information content (AvgIpc) is 2.03. The molecule has 0 spiro atoms. The summed E-state index contributed by atoms with van der Waals surface area (Å²) in [5, 5.41) is 8.52. The van der Waals surface area contributed by atoms with E-state index in [0.717, 1.165) is 0 Å². The standard InChI is InChI=1S/C9H10O3S/c1-13(12)8-4-2-3-7(5-8)6-9(10)11/h2-5H,6H2,1H3,(H,10,11)/t13-/m0/s1. The summed E-state index contributed by atoms with van der Waals surface area (Å²) in [7, 11) is -1.05. The number of hydrogen-bond acceptors (Lipinski definition) is 2. The monoisotopic (exact) mass is 198 g/mol. The maximum atomic E-state index is 11.0. The van der Waals surface area contributed by atoms with Crippen LogP contribution in [0.4, 0.5) is 0 Å². The van der Waals surface area contributed by atoms with E-state index in [1.807, 2.05) is 0 Å². The van der Waals surface area contributed by atoms with Gasteiger partial charge in [0.2, 0.25) is 0 Å². The van der Waals surface area contributed by atoms with Gasteiger partial charge < -0.3 is 5.11 Å². The number of hydrogen-bond donors (Lipinski definition) is 1.